The number of nitrogens with one attached hydrogen (secondary N) is 1. The van der Waals surface area contributed by atoms with E-state index in [0.717, 1.165) is 29.1 Å². The number of ether oxygens (including phenoxy) is 2. The van der Waals surface area contributed by atoms with Crippen LogP contribution >= 0.6 is 11.3 Å². The average Bonchev–Trinajstić information content (AvgIpc) is 3.02. The van der Waals surface area contributed by atoms with Gasteiger partial charge in [-0.15, -0.1) is 11.3 Å². The van der Waals surface area contributed by atoms with Crippen LogP contribution in [-0.2, 0) is 4.74 Å². The first-order valence-corrected chi connectivity index (χ1v) is 9.37. The molecular weight excluding hydrogens is 364 g/mol. The molecule has 0 aliphatic heterocycles. The number of aryl methyl sites for hydroxylation is 1. The fourth-order valence-corrected chi connectivity index (χ4v) is 3.70. The lowest BCUT2D eigenvalue weighted by Crippen LogP contribution is -2.09. The molecule has 0 saturated carbocycles. The van der Waals surface area contributed by atoms with Gasteiger partial charge < -0.3 is 14.5 Å². The summed E-state index contributed by atoms with van der Waals surface area (Å²) in [6.45, 7) is 4.47. The second-order valence-corrected chi connectivity index (χ2v) is 6.93. The number of fused-ring (bicyclic) bond motifs is 1. The Kier molecular flexibility index (Phi) is 5.71. The smallest absolute Gasteiger partial charge is 0.348 e. The number of aromatic amines is 1. The standard InChI is InChI=1S/C20H20N2O4S/c1-4-11-26-14-8-5-13(6-9-14)7-10-15-21-18(23)16-12(2)17(20(24)25-3)27-19(16)22-15/h5-10H,4,11H2,1-3H3,(H,21,22,23)/b10-7+. The van der Waals surface area contributed by atoms with Crippen LogP contribution in [-0.4, -0.2) is 29.7 Å². The van der Waals surface area contributed by atoms with Gasteiger partial charge in [-0.3, -0.25) is 4.79 Å². The number of aromatic nitrogens is 2. The summed E-state index contributed by atoms with van der Waals surface area (Å²) in [5.74, 6) is 0.792. The summed E-state index contributed by atoms with van der Waals surface area (Å²) < 4.78 is 10.3. The van der Waals surface area contributed by atoms with Gasteiger partial charge in [-0.25, -0.2) is 9.78 Å². The highest BCUT2D eigenvalue weighted by Crippen LogP contribution is 2.27. The van der Waals surface area contributed by atoms with E-state index < -0.39 is 5.97 Å². The van der Waals surface area contributed by atoms with E-state index in [-0.39, 0.29) is 5.56 Å². The Labute approximate surface area is 160 Å². The van der Waals surface area contributed by atoms with E-state index in [4.69, 9.17) is 9.47 Å². The highest BCUT2D eigenvalue weighted by Gasteiger charge is 2.19. The van der Waals surface area contributed by atoms with E-state index in [1.807, 2.05) is 30.3 Å². The molecular formula is C20H20N2O4S. The molecule has 27 heavy (non-hydrogen) atoms. The third kappa shape index (κ3) is 4.09. The van der Waals surface area contributed by atoms with Crippen molar-refractivity contribution >= 4 is 39.7 Å². The minimum atomic E-state index is -0.461. The number of methoxy groups -OCH3 is 1. The molecule has 7 heteroatoms. The molecule has 0 aliphatic rings. The lowest BCUT2D eigenvalue weighted by Gasteiger charge is -2.04. The number of carbonyl (C=O) groups is 1. The van der Waals surface area contributed by atoms with Crippen LogP contribution in [0.1, 0.15) is 40.0 Å². The Bertz CT molecular complexity index is 1050. The SMILES string of the molecule is CCCOc1ccc(/C=C/c2nc3sc(C(=O)OC)c(C)c3c(=O)[nH]2)cc1. The van der Waals surface area contributed by atoms with Crippen molar-refractivity contribution < 1.29 is 14.3 Å². The number of benzene rings is 1. The van der Waals surface area contributed by atoms with Crippen molar-refractivity contribution in [1.29, 1.82) is 0 Å². The van der Waals surface area contributed by atoms with E-state index in [2.05, 4.69) is 16.9 Å². The zero-order chi connectivity index (χ0) is 19.4. The molecule has 0 unspecified atom stereocenters. The largest absolute Gasteiger partial charge is 0.494 e. The van der Waals surface area contributed by atoms with E-state index in [9.17, 15) is 9.59 Å². The Morgan fingerprint density at radius 1 is 1.26 bits per heavy atom. The highest BCUT2D eigenvalue weighted by molar-refractivity contribution is 7.20. The monoisotopic (exact) mass is 384 g/mol. The Balaban J connectivity index is 1.88. The highest BCUT2D eigenvalue weighted by atomic mass is 32.1. The predicted molar refractivity (Wildman–Crippen MR) is 107 cm³/mol. The number of rotatable bonds is 6. The molecule has 0 bridgehead atoms. The van der Waals surface area contributed by atoms with Gasteiger partial charge in [0.1, 0.15) is 21.3 Å². The van der Waals surface area contributed by atoms with Crippen LogP contribution in [0.3, 0.4) is 0 Å². The summed E-state index contributed by atoms with van der Waals surface area (Å²) in [6, 6.07) is 7.67. The van der Waals surface area contributed by atoms with Crippen molar-refractivity contribution in [1.82, 2.24) is 9.97 Å². The quantitative estimate of drug-likeness (QED) is 0.649. The van der Waals surface area contributed by atoms with Gasteiger partial charge >= 0.3 is 5.97 Å². The van der Waals surface area contributed by atoms with Crippen LogP contribution in [0.2, 0.25) is 0 Å². The molecule has 0 fully saturated rings. The first-order valence-electron chi connectivity index (χ1n) is 8.56. The first-order chi connectivity index (χ1) is 13.0. The molecule has 140 valence electrons. The molecule has 0 aliphatic carbocycles. The number of hydrogen-bond donors (Lipinski definition) is 1. The molecule has 0 saturated heterocycles. The Morgan fingerprint density at radius 3 is 2.67 bits per heavy atom. The molecule has 0 radical (unpaired) electrons. The van der Waals surface area contributed by atoms with Gasteiger partial charge in [0.15, 0.2) is 0 Å². The lowest BCUT2D eigenvalue weighted by atomic mass is 10.2. The molecule has 1 N–H and O–H groups in total. The van der Waals surface area contributed by atoms with Gasteiger partial charge in [0, 0.05) is 0 Å². The van der Waals surface area contributed by atoms with Crippen LogP contribution in [0.5, 0.6) is 5.75 Å². The summed E-state index contributed by atoms with van der Waals surface area (Å²) in [5, 5.41) is 0.426. The average molecular weight is 384 g/mol. The first kappa shape index (κ1) is 18.8. The van der Waals surface area contributed by atoms with Crippen LogP contribution in [0, 0.1) is 6.92 Å². The summed E-state index contributed by atoms with van der Waals surface area (Å²) in [4.78, 5) is 32.3. The summed E-state index contributed by atoms with van der Waals surface area (Å²) in [6.07, 6.45) is 4.55. The molecule has 0 atom stereocenters. The van der Waals surface area contributed by atoms with Gasteiger partial charge in [0.2, 0.25) is 0 Å². The topological polar surface area (TPSA) is 81.3 Å². The molecule has 6 nitrogen and oxygen atoms in total. The summed E-state index contributed by atoms with van der Waals surface area (Å²) in [5.41, 5.74) is 1.28. The zero-order valence-electron chi connectivity index (χ0n) is 15.4. The normalized spacial score (nSPS) is 11.2. The van der Waals surface area contributed by atoms with E-state index in [1.165, 1.54) is 7.11 Å². The Morgan fingerprint density at radius 2 is 2.00 bits per heavy atom. The van der Waals surface area contributed by atoms with Crippen LogP contribution < -0.4 is 10.3 Å². The van der Waals surface area contributed by atoms with Crippen molar-refractivity contribution in [2.45, 2.75) is 20.3 Å². The fourth-order valence-electron chi connectivity index (χ4n) is 2.60. The van der Waals surface area contributed by atoms with Gasteiger partial charge in [-0.2, -0.15) is 0 Å². The lowest BCUT2D eigenvalue weighted by molar-refractivity contribution is 0.0605. The Hall–Kier alpha value is -2.93. The summed E-state index contributed by atoms with van der Waals surface area (Å²) >= 11 is 1.16. The zero-order valence-corrected chi connectivity index (χ0v) is 16.2. The van der Waals surface area contributed by atoms with Gasteiger partial charge in [-0.05, 0) is 42.7 Å². The van der Waals surface area contributed by atoms with Gasteiger partial charge in [0.05, 0.1) is 19.1 Å². The number of nitrogens with zero attached hydrogens (tertiary/aromatic N) is 1. The van der Waals surface area contributed by atoms with Crippen molar-refractivity contribution in [2.24, 2.45) is 0 Å². The third-order valence-electron chi connectivity index (χ3n) is 3.98. The molecule has 2 aromatic heterocycles. The summed E-state index contributed by atoms with van der Waals surface area (Å²) in [7, 11) is 1.32. The third-order valence-corrected chi connectivity index (χ3v) is 5.14. The van der Waals surface area contributed by atoms with Crippen LogP contribution in [0.25, 0.3) is 22.4 Å². The van der Waals surface area contributed by atoms with E-state index >= 15 is 0 Å². The molecule has 3 rings (SSSR count). The maximum Gasteiger partial charge on any atom is 0.348 e. The molecule has 0 amide bonds. The molecule has 0 spiro atoms. The van der Waals surface area contributed by atoms with Crippen LogP contribution in [0.15, 0.2) is 29.1 Å². The molecule has 3 aromatic rings. The predicted octanol–water partition coefficient (Wildman–Crippen LogP) is 4.04. The minimum absolute atomic E-state index is 0.271. The van der Waals surface area contributed by atoms with Gasteiger partial charge in [-0.1, -0.05) is 25.1 Å². The van der Waals surface area contributed by atoms with Crippen molar-refractivity contribution in [3.05, 3.63) is 56.4 Å². The fraction of sp³-hybridized carbons (Fsp3) is 0.250. The second-order valence-electron chi connectivity index (χ2n) is 5.93. The van der Waals surface area contributed by atoms with E-state index in [0.29, 0.717) is 33.1 Å². The van der Waals surface area contributed by atoms with Crippen molar-refractivity contribution in [3.8, 4) is 5.75 Å². The number of hydrogen-bond acceptors (Lipinski definition) is 6. The number of carbonyl (C=O) groups excluding carboxylic acids is 1. The number of H-pyrrole nitrogens is 1. The maximum absolute atomic E-state index is 12.4. The molecule has 2 heterocycles. The number of esters is 1. The van der Waals surface area contributed by atoms with Gasteiger partial charge in [0.25, 0.3) is 5.56 Å². The van der Waals surface area contributed by atoms with Crippen molar-refractivity contribution in [3.63, 3.8) is 0 Å². The van der Waals surface area contributed by atoms with Crippen molar-refractivity contribution in [2.75, 3.05) is 13.7 Å². The van der Waals surface area contributed by atoms with E-state index in [1.54, 1.807) is 13.0 Å². The number of thiophene rings is 1. The maximum atomic E-state index is 12.4. The minimum Gasteiger partial charge on any atom is -0.494 e. The molecule has 1 aromatic carbocycles. The van der Waals surface area contributed by atoms with Crippen LogP contribution in [0.4, 0.5) is 0 Å². The second kappa shape index (κ2) is 8.18.